The molecule has 2 unspecified atom stereocenters. The SMILES string of the molecule is C=CC1=C(/C=C\C)CN(C(C(=O)N2CCCC2C=O)C(C)(C)C)C1=O.CNCc1ccc(-c2scnc2C)cc1. The van der Waals surface area contributed by atoms with Crippen molar-refractivity contribution in [3.8, 4) is 10.4 Å². The molecule has 0 radical (unpaired) electrons. The van der Waals surface area contributed by atoms with Crippen LogP contribution in [-0.2, 0) is 20.9 Å². The molecule has 0 bridgehead atoms. The Labute approximate surface area is 242 Å². The molecule has 1 aromatic carbocycles. The molecule has 7 nitrogen and oxygen atoms in total. The minimum atomic E-state index is -0.613. The Balaban J connectivity index is 0.000000249. The molecule has 0 saturated carbocycles. The van der Waals surface area contributed by atoms with E-state index in [4.69, 9.17) is 0 Å². The van der Waals surface area contributed by atoms with Crippen LogP contribution in [0.5, 0.6) is 0 Å². The summed E-state index contributed by atoms with van der Waals surface area (Å²) in [5.41, 5.74) is 6.55. The lowest BCUT2D eigenvalue weighted by molar-refractivity contribution is -0.148. The number of likely N-dealkylation sites (tertiary alicyclic amines) is 1. The van der Waals surface area contributed by atoms with Gasteiger partial charge in [-0.2, -0.15) is 0 Å². The van der Waals surface area contributed by atoms with Gasteiger partial charge in [0.15, 0.2) is 0 Å². The van der Waals surface area contributed by atoms with Gasteiger partial charge in [0.2, 0.25) is 5.91 Å². The van der Waals surface area contributed by atoms with E-state index in [-0.39, 0.29) is 17.9 Å². The number of aromatic nitrogens is 1. The number of aryl methyl sites for hydroxylation is 1. The van der Waals surface area contributed by atoms with Crippen LogP contribution in [0.1, 0.15) is 51.8 Å². The molecule has 40 heavy (non-hydrogen) atoms. The highest BCUT2D eigenvalue weighted by Crippen LogP contribution is 2.34. The van der Waals surface area contributed by atoms with E-state index in [9.17, 15) is 14.4 Å². The van der Waals surface area contributed by atoms with Gasteiger partial charge in [-0.3, -0.25) is 9.59 Å². The van der Waals surface area contributed by atoms with Gasteiger partial charge in [-0.1, -0.05) is 69.8 Å². The van der Waals surface area contributed by atoms with Gasteiger partial charge in [0.25, 0.3) is 5.91 Å². The van der Waals surface area contributed by atoms with Crippen molar-refractivity contribution < 1.29 is 14.4 Å². The standard InChI is InChI=1S/C20H28N2O3.C12H14N2S/c1-6-9-14-12-22(18(24)16(14)7-2)17(20(3,4)5)19(25)21-11-8-10-15(21)13-23;1-9-12(15-8-14-9)11-5-3-10(4-6-11)7-13-2/h6-7,9,13,15,17H,2,8,10-12H2,1,3-5H3;3-6,8,13H,7H2,1-2H3/b9-6-;. The quantitative estimate of drug-likeness (QED) is 0.440. The maximum absolute atomic E-state index is 13.3. The van der Waals surface area contributed by atoms with Crippen LogP contribution in [0.4, 0.5) is 0 Å². The number of thiazole rings is 1. The smallest absolute Gasteiger partial charge is 0.255 e. The van der Waals surface area contributed by atoms with E-state index in [1.807, 2.05) is 59.3 Å². The van der Waals surface area contributed by atoms with Gasteiger partial charge in [-0.05, 0) is 55.9 Å². The van der Waals surface area contributed by atoms with E-state index in [1.165, 1.54) is 16.0 Å². The van der Waals surface area contributed by atoms with Crippen molar-refractivity contribution in [2.45, 2.75) is 66.1 Å². The van der Waals surface area contributed by atoms with Gasteiger partial charge < -0.3 is 19.9 Å². The highest BCUT2D eigenvalue weighted by Gasteiger charge is 2.46. The number of carbonyl (C=O) groups excluding carboxylic acids is 3. The Hall–Kier alpha value is -3.36. The maximum Gasteiger partial charge on any atom is 0.255 e. The Morgan fingerprint density at radius 1 is 1.27 bits per heavy atom. The van der Waals surface area contributed by atoms with E-state index in [0.717, 1.165) is 30.5 Å². The summed E-state index contributed by atoms with van der Waals surface area (Å²) in [5, 5.41) is 3.14. The monoisotopic (exact) mass is 562 g/mol. The lowest BCUT2D eigenvalue weighted by Gasteiger charge is -2.40. The van der Waals surface area contributed by atoms with E-state index >= 15 is 0 Å². The number of nitrogens with one attached hydrogen (secondary N) is 1. The third kappa shape index (κ3) is 7.04. The number of nitrogens with zero attached hydrogens (tertiary/aromatic N) is 3. The third-order valence-electron chi connectivity index (χ3n) is 7.20. The van der Waals surface area contributed by atoms with Gasteiger partial charge in [0.05, 0.1) is 22.1 Å². The van der Waals surface area contributed by atoms with Crippen LogP contribution in [0, 0.1) is 12.3 Å². The third-order valence-corrected chi connectivity index (χ3v) is 8.18. The average Bonchev–Trinajstić information content (AvgIpc) is 3.64. The second-order valence-corrected chi connectivity index (χ2v) is 12.1. The maximum atomic E-state index is 13.3. The van der Waals surface area contributed by atoms with E-state index in [1.54, 1.807) is 27.2 Å². The molecular weight excluding hydrogens is 520 g/mol. The van der Waals surface area contributed by atoms with Gasteiger partial charge in [-0.15, -0.1) is 11.3 Å². The lowest BCUT2D eigenvalue weighted by Crippen LogP contribution is -2.56. The molecule has 2 amide bonds. The molecule has 3 heterocycles. The Bertz CT molecular complexity index is 1270. The molecule has 2 aromatic rings. The Kier molecular flexibility index (Phi) is 10.8. The zero-order valence-electron chi connectivity index (χ0n) is 24.6. The number of hydrogen-bond donors (Lipinski definition) is 1. The van der Waals surface area contributed by atoms with Crippen LogP contribution in [0.15, 0.2) is 65.7 Å². The fraction of sp³-hybridized carbons (Fsp3) is 0.438. The summed E-state index contributed by atoms with van der Waals surface area (Å²) in [6.07, 6.45) is 7.69. The average molecular weight is 563 g/mol. The predicted octanol–water partition coefficient (Wildman–Crippen LogP) is 5.33. The molecule has 8 heteroatoms. The van der Waals surface area contributed by atoms with Crippen molar-refractivity contribution in [1.29, 1.82) is 0 Å². The van der Waals surface area contributed by atoms with Crippen LogP contribution >= 0.6 is 11.3 Å². The topological polar surface area (TPSA) is 82.6 Å². The molecule has 2 atom stereocenters. The Morgan fingerprint density at radius 2 is 1.98 bits per heavy atom. The molecule has 1 saturated heterocycles. The van der Waals surface area contributed by atoms with E-state index in [2.05, 4.69) is 41.1 Å². The van der Waals surface area contributed by atoms with Crippen LogP contribution in [-0.4, -0.2) is 65.1 Å². The minimum absolute atomic E-state index is 0.138. The summed E-state index contributed by atoms with van der Waals surface area (Å²) < 4.78 is 0. The number of amides is 2. The molecular formula is C32H42N4O3S. The predicted molar refractivity (Wildman–Crippen MR) is 163 cm³/mol. The Morgan fingerprint density at radius 3 is 2.50 bits per heavy atom. The molecule has 2 aliphatic rings. The number of benzene rings is 1. The number of carbonyl (C=O) groups is 3. The number of rotatable bonds is 8. The lowest BCUT2D eigenvalue weighted by atomic mass is 9.84. The van der Waals surface area contributed by atoms with Crippen molar-refractivity contribution in [3.63, 3.8) is 0 Å². The van der Waals surface area contributed by atoms with Crippen molar-refractivity contribution in [2.75, 3.05) is 20.1 Å². The summed E-state index contributed by atoms with van der Waals surface area (Å²) in [4.78, 5) is 46.3. The summed E-state index contributed by atoms with van der Waals surface area (Å²) in [6.45, 7) is 15.4. The highest BCUT2D eigenvalue weighted by molar-refractivity contribution is 7.13. The van der Waals surface area contributed by atoms with Crippen LogP contribution in [0.3, 0.4) is 0 Å². The van der Waals surface area contributed by atoms with Crippen molar-refractivity contribution in [3.05, 3.63) is 77.0 Å². The zero-order valence-corrected chi connectivity index (χ0v) is 25.4. The summed E-state index contributed by atoms with van der Waals surface area (Å²) in [5.74, 6) is -0.307. The molecule has 1 N–H and O–H groups in total. The molecule has 2 aliphatic heterocycles. The zero-order chi connectivity index (χ0) is 29.4. The molecule has 0 spiro atoms. The van der Waals surface area contributed by atoms with Crippen molar-refractivity contribution >= 4 is 29.4 Å². The fourth-order valence-electron chi connectivity index (χ4n) is 5.30. The van der Waals surface area contributed by atoms with E-state index < -0.39 is 11.5 Å². The first-order chi connectivity index (χ1) is 19.1. The summed E-state index contributed by atoms with van der Waals surface area (Å²) >= 11 is 1.70. The van der Waals surface area contributed by atoms with Crippen LogP contribution in [0.2, 0.25) is 0 Å². The van der Waals surface area contributed by atoms with Gasteiger partial charge in [0, 0.05) is 25.2 Å². The fourth-order valence-corrected chi connectivity index (χ4v) is 6.11. The van der Waals surface area contributed by atoms with Crippen LogP contribution < -0.4 is 5.32 Å². The summed E-state index contributed by atoms with van der Waals surface area (Å²) in [7, 11) is 1.96. The first kappa shape index (κ1) is 31.2. The largest absolute Gasteiger partial charge is 0.331 e. The molecule has 0 aliphatic carbocycles. The second kappa shape index (κ2) is 13.8. The molecule has 1 aromatic heterocycles. The van der Waals surface area contributed by atoms with Gasteiger partial charge in [0.1, 0.15) is 12.3 Å². The number of hydrogen-bond acceptors (Lipinski definition) is 6. The molecule has 4 rings (SSSR count). The van der Waals surface area contributed by atoms with Gasteiger partial charge >= 0.3 is 0 Å². The summed E-state index contributed by atoms with van der Waals surface area (Å²) in [6, 6.07) is 7.64. The van der Waals surface area contributed by atoms with E-state index in [0.29, 0.717) is 25.1 Å². The van der Waals surface area contributed by atoms with Crippen molar-refractivity contribution in [1.82, 2.24) is 20.1 Å². The first-order valence-corrected chi connectivity index (χ1v) is 14.6. The van der Waals surface area contributed by atoms with Crippen molar-refractivity contribution in [2.24, 2.45) is 5.41 Å². The highest BCUT2D eigenvalue weighted by atomic mass is 32.1. The van der Waals surface area contributed by atoms with Crippen LogP contribution in [0.25, 0.3) is 10.4 Å². The minimum Gasteiger partial charge on any atom is -0.331 e. The van der Waals surface area contributed by atoms with Gasteiger partial charge in [-0.25, -0.2) is 4.98 Å². The normalized spacial score (nSPS) is 18.2. The number of allylic oxidation sites excluding steroid dienone is 1. The first-order valence-electron chi connectivity index (χ1n) is 13.8. The molecule has 214 valence electrons. The molecule has 1 fully saturated rings. The second-order valence-electron chi connectivity index (χ2n) is 11.2. The number of aldehydes is 1.